The van der Waals surface area contributed by atoms with Crippen molar-refractivity contribution >= 4 is 57.1 Å². The Kier molecular flexibility index (Phi) is 4.80. The molecule has 0 aliphatic rings. The van der Waals surface area contributed by atoms with Gasteiger partial charge >= 0.3 is 0 Å². The van der Waals surface area contributed by atoms with E-state index in [4.69, 9.17) is 34.8 Å². The van der Waals surface area contributed by atoms with E-state index in [0.29, 0.717) is 26.6 Å². The number of aromatic amines is 1. The van der Waals surface area contributed by atoms with Gasteiger partial charge in [0.25, 0.3) is 5.56 Å². The van der Waals surface area contributed by atoms with Gasteiger partial charge in [-0.25, -0.2) is 5.10 Å². The molecule has 10 heteroatoms. The third-order valence-electron chi connectivity index (χ3n) is 4.00. The maximum Gasteiger partial charge on any atom is 0.285 e. The monoisotopic (exact) mass is 433 g/mol. The van der Waals surface area contributed by atoms with Crippen LogP contribution in [-0.4, -0.2) is 19.9 Å². The Bertz CT molecular complexity index is 1280. The summed E-state index contributed by atoms with van der Waals surface area (Å²) < 4.78 is 1.59. The Labute approximate surface area is 172 Å². The second-order valence-electron chi connectivity index (χ2n) is 5.74. The van der Waals surface area contributed by atoms with Crippen molar-refractivity contribution in [3.05, 3.63) is 74.1 Å². The summed E-state index contributed by atoms with van der Waals surface area (Å²) in [5.74, 6) is -0.155. The van der Waals surface area contributed by atoms with Gasteiger partial charge in [0, 0.05) is 21.1 Å². The van der Waals surface area contributed by atoms with Crippen molar-refractivity contribution in [1.82, 2.24) is 14.8 Å². The lowest BCUT2D eigenvalue weighted by Gasteiger charge is -2.07. The molecule has 0 unspecified atom stereocenters. The minimum Gasteiger partial charge on any atom is -0.493 e. The molecule has 28 heavy (non-hydrogen) atoms. The van der Waals surface area contributed by atoms with Crippen LogP contribution in [-0.2, 0) is 0 Å². The number of fused-ring (bicyclic) bond motifs is 1. The molecule has 0 saturated carbocycles. The standard InChI is InChI=1S/C18H10Cl3N5O2/c19-9-1-4-11(5-2-9)26-14-6-3-10(20)7-12(14)16(18(26)28)24-23-13-8-22-25-17(27)15(13)21/h1-8,28H,(H,25,27). The highest BCUT2D eigenvalue weighted by Gasteiger charge is 2.18. The van der Waals surface area contributed by atoms with Crippen molar-refractivity contribution in [3.63, 3.8) is 0 Å². The fourth-order valence-electron chi connectivity index (χ4n) is 2.73. The summed E-state index contributed by atoms with van der Waals surface area (Å²) in [6.07, 6.45) is 1.26. The third-order valence-corrected chi connectivity index (χ3v) is 4.85. The highest BCUT2D eigenvalue weighted by Crippen LogP contribution is 2.42. The molecule has 140 valence electrons. The van der Waals surface area contributed by atoms with Gasteiger partial charge in [0.1, 0.15) is 10.7 Å². The number of H-pyrrole nitrogens is 1. The molecule has 0 fully saturated rings. The first-order valence-electron chi connectivity index (χ1n) is 7.89. The predicted octanol–water partition coefficient (Wildman–Crippen LogP) is 5.80. The number of hydrogen-bond donors (Lipinski definition) is 2. The van der Waals surface area contributed by atoms with Gasteiger partial charge in [-0.15, -0.1) is 10.2 Å². The molecule has 0 amide bonds. The average Bonchev–Trinajstić information content (AvgIpc) is 2.94. The molecule has 4 rings (SSSR count). The summed E-state index contributed by atoms with van der Waals surface area (Å²) in [5, 5.41) is 26.2. The molecular formula is C18H10Cl3N5O2. The molecule has 2 aromatic heterocycles. The second-order valence-corrected chi connectivity index (χ2v) is 6.99. The lowest BCUT2D eigenvalue weighted by atomic mass is 10.2. The Hall–Kier alpha value is -2.87. The molecule has 0 aliphatic carbocycles. The molecule has 0 atom stereocenters. The number of hydrogen-bond acceptors (Lipinski definition) is 5. The molecule has 0 aliphatic heterocycles. The SMILES string of the molecule is O=c1[nH]ncc(N=Nc2c(O)n(-c3ccc(Cl)cc3)c3ccc(Cl)cc23)c1Cl. The number of aromatic hydroxyl groups is 1. The van der Waals surface area contributed by atoms with Crippen molar-refractivity contribution in [2.24, 2.45) is 10.2 Å². The summed E-state index contributed by atoms with van der Waals surface area (Å²) in [6, 6.07) is 12.1. The van der Waals surface area contributed by atoms with E-state index in [1.807, 2.05) is 0 Å². The molecule has 7 nitrogen and oxygen atoms in total. The van der Waals surface area contributed by atoms with Crippen LogP contribution in [0.5, 0.6) is 5.88 Å². The zero-order valence-corrected chi connectivity index (χ0v) is 16.2. The van der Waals surface area contributed by atoms with Crippen LogP contribution in [0, 0.1) is 0 Å². The summed E-state index contributed by atoms with van der Waals surface area (Å²) in [5.41, 5.74) is 0.983. The minimum absolute atomic E-state index is 0.0687. The summed E-state index contributed by atoms with van der Waals surface area (Å²) >= 11 is 18.0. The summed E-state index contributed by atoms with van der Waals surface area (Å²) in [7, 11) is 0. The minimum atomic E-state index is -0.589. The van der Waals surface area contributed by atoms with Crippen LogP contribution in [0.3, 0.4) is 0 Å². The first-order valence-corrected chi connectivity index (χ1v) is 9.03. The van der Waals surface area contributed by atoms with Crippen LogP contribution >= 0.6 is 34.8 Å². The maximum absolute atomic E-state index is 11.6. The van der Waals surface area contributed by atoms with Crippen molar-refractivity contribution in [2.45, 2.75) is 0 Å². The number of aromatic nitrogens is 3. The normalized spacial score (nSPS) is 11.5. The lowest BCUT2D eigenvalue weighted by molar-refractivity contribution is 0.446. The van der Waals surface area contributed by atoms with Crippen LogP contribution < -0.4 is 5.56 Å². The molecule has 0 saturated heterocycles. The molecular weight excluding hydrogens is 425 g/mol. The Morgan fingerprint density at radius 2 is 1.71 bits per heavy atom. The number of nitrogens with zero attached hydrogens (tertiary/aromatic N) is 4. The molecule has 0 spiro atoms. The Morgan fingerprint density at radius 3 is 2.46 bits per heavy atom. The van der Waals surface area contributed by atoms with E-state index in [-0.39, 0.29) is 22.3 Å². The van der Waals surface area contributed by atoms with E-state index in [2.05, 4.69) is 20.4 Å². The van der Waals surface area contributed by atoms with Gasteiger partial charge in [0.15, 0.2) is 5.69 Å². The smallest absolute Gasteiger partial charge is 0.285 e. The van der Waals surface area contributed by atoms with E-state index < -0.39 is 5.56 Å². The number of rotatable bonds is 3. The number of nitrogens with one attached hydrogen (secondary N) is 1. The molecule has 2 heterocycles. The van der Waals surface area contributed by atoms with Gasteiger partial charge in [0.2, 0.25) is 5.88 Å². The molecule has 0 radical (unpaired) electrons. The van der Waals surface area contributed by atoms with Crippen molar-refractivity contribution in [3.8, 4) is 11.6 Å². The number of halogens is 3. The van der Waals surface area contributed by atoms with E-state index in [1.165, 1.54) is 6.20 Å². The highest BCUT2D eigenvalue weighted by molar-refractivity contribution is 6.32. The van der Waals surface area contributed by atoms with Crippen LogP contribution in [0.1, 0.15) is 0 Å². The fraction of sp³-hybridized carbons (Fsp3) is 0. The van der Waals surface area contributed by atoms with Gasteiger partial charge in [-0.1, -0.05) is 34.8 Å². The average molecular weight is 435 g/mol. The maximum atomic E-state index is 11.6. The van der Waals surface area contributed by atoms with Crippen LogP contribution in [0.2, 0.25) is 15.1 Å². The van der Waals surface area contributed by atoms with Gasteiger partial charge < -0.3 is 5.11 Å². The van der Waals surface area contributed by atoms with Crippen LogP contribution in [0.4, 0.5) is 11.4 Å². The summed E-state index contributed by atoms with van der Waals surface area (Å²) in [4.78, 5) is 11.6. The van der Waals surface area contributed by atoms with Crippen molar-refractivity contribution in [2.75, 3.05) is 0 Å². The molecule has 0 bridgehead atoms. The molecule has 4 aromatic rings. The van der Waals surface area contributed by atoms with Gasteiger partial charge in [-0.2, -0.15) is 5.10 Å². The first-order chi connectivity index (χ1) is 13.5. The van der Waals surface area contributed by atoms with Crippen LogP contribution in [0.15, 0.2) is 63.7 Å². The van der Waals surface area contributed by atoms with E-state index in [1.54, 1.807) is 47.0 Å². The predicted molar refractivity (Wildman–Crippen MR) is 109 cm³/mol. The Morgan fingerprint density at radius 1 is 1.00 bits per heavy atom. The highest BCUT2D eigenvalue weighted by atomic mass is 35.5. The topological polar surface area (TPSA) is 95.6 Å². The Balaban J connectivity index is 1.93. The van der Waals surface area contributed by atoms with Crippen molar-refractivity contribution in [1.29, 1.82) is 0 Å². The first kappa shape index (κ1) is 18.5. The van der Waals surface area contributed by atoms with E-state index in [0.717, 1.165) is 0 Å². The molecule has 2 aromatic carbocycles. The van der Waals surface area contributed by atoms with Crippen LogP contribution in [0.25, 0.3) is 16.6 Å². The van der Waals surface area contributed by atoms with Gasteiger partial charge in [-0.3, -0.25) is 9.36 Å². The summed E-state index contributed by atoms with van der Waals surface area (Å²) in [6.45, 7) is 0. The van der Waals surface area contributed by atoms with E-state index in [9.17, 15) is 9.90 Å². The number of benzene rings is 2. The third kappa shape index (κ3) is 3.24. The van der Waals surface area contributed by atoms with Gasteiger partial charge in [0.05, 0.1) is 11.7 Å². The zero-order valence-electron chi connectivity index (χ0n) is 13.9. The fourth-order valence-corrected chi connectivity index (χ4v) is 3.16. The number of azo groups is 1. The lowest BCUT2D eigenvalue weighted by Crippen LogP contribution is -2.06. The molecule has 2 N–H and O–H groups in total. The second kappa shape index (κ2) is 7.27. The van der Waals surface area contributed by atoms with E-state index >= 15 is 0 Å². The van der Waals surface area contributed by atoms with Gasteiger partial charge in [-0.05, 0) is 42.5 Å². The quantitative estimate of drug-likeness (QED) is 0.399. The zero-order chi connectivity index (χ0) is 19.8. The van der Waals surface area contributed by atoms with Crippen molar-refractivity contribution < 1.29 is 5.11 Å². The largest absolute Gasteiger partial charge is 0.493 e.